The van der Waals surface area contributed by atoms with E-state index < -0.39 is 5.97 Å². The highest BCUT2D eigenvalue weighted by atomic mass is 16.5. The number of aromatic carboxylic acids is 1. The Labute approximate surface area is 124 Å². The quantitative estimate of drug-likeness (QED) is 0.896. The van der Waals surface area contributed by atoms with E-state index in [4.69, 9.17) is 9.84 Å². The summed E-state index contributed by atoms with van der Waals surface area (Å²) in [6.45, 7) is 6.40. The second-order valence-corrected chi connectivity index (χ2v) is 6.16. The lowest BCUT2D eigenvalue weighted by atomic mass is 9.93. The first-order valence-electron chi connectivity index (χ1n) is 7.07. The molecule has 0 bridgehead atoms. The van der Waals surface area contributed by atoms with Crippen molar-refractivity contribution in [1.82, 2.24) is 5.32 Å². The summed E-state index contributed by atoms with van der Waals surface area (Å²) in [5, 5.41) is 12.0. The van der Waals surface area contributed by atoms with Gasteiger partial charge in [0.05, 0.1) is 11.2 Å². The van der Waals surface area contributed by atoms with Crippen LogP contribution < -0.4 is 5.32 Å². The molecule has 5 nitrogen and oxygen atoms in total. The molecule has 1 aromatic rings. The molecule has 0 aliphatic carbocycles. The summed E-state index contributed by atoms with van der Waals surface area (Å²) in [7, 11) is 0. The van der Waals surface area contributed by atoms with E-state index in [1.807, 2.05) is 13.8 Å². The third kappa shape index (κ3) is 4.04. The molecule has 21 heavy (non-hydrogen) atoms. The molecule has 114 valence electrons. The molecular weight excluding hydrogens is 270 g/mol. The normalized spacial score (nSPS) is 20.8. The number of nitrogens with one attached hydrogen (secondary N) is 1. The third-order valence-electron chi connectivity index (χ3n) is 3.62. The van der Waals surface area contributed by atoms with E-state index in [-0.39, 0.29) is 23.1 Å². The Morgan fingerprint density at radius 2 is 1.95 bits per heavy atom. The van der Waals surface area contributed by atoms with E-state index in [0.717, 1.165) is 18.4 Å². The summed E-state index contributed by atoms with van der Waals surface area (Å²) in [4.78, 5) is 23.4. The lowest BCUT2D eigenvalue weighted by Crippen LogP contribution is -2.45. The minimum absolute atomic E-state index is 0.0510. The van der Waals surface area contributed by atoms with Gasteiger partial charge in [-0.05, 0) is 57.4 Å². The number of hydrogen-bond donors (Lipinski definition) is 2. The minimum atomic E-state index is -1.03. The molecule has 1 fully saturated rings. The van der Waals surface area contributed by atoms with Crippen molar-refractivity contribution in [1.29, 1.82) is 0 Å². The standard InChI is InChI=1S/C16H21NO4/c1-10-6-11(8-12(7-10)15(19)20)14(18)17-13-4-5-21-16(2,3)9-13/h6-8,13H,4-5,9H2,1-3H3,(H,17,18)(H,19,20). The number of carboxylic acids is 1. The maximum atomic E-state index is 12.3. The molecule has 0 saturated carbocycles. The predicted octanol–water partition coefficient (Wildman–Crippen LogP) is 2.38. The zero-order valence-electron chi connectivity index (χ0n) is 12.6. The largest absolute Gasteiger partial charge is 0.478 e. The highest BCUT2D eigenvalue weighted by molar-refractivity contribution is 5.97. The first-order valence-corrected chi connectivity index (χ1v) is 7.07. The van der Waals surface area contributed by atoms with Crippen LogP contribution in [0, 0.1) is 6.92 Å². The number of carbonyl (C=O) groups excluding carboxylic acids is 1. The number of aryl methyl sites for hydroxylation is 1. The summed E-state index contributed by atoms with van der Waals surface area (Å²) in [6, 6.07) is 4.72. The van der Waals surface area contributed by atoms with Gasteiger partial charge in [0, 0.05) is 18.2 Å². The van der Waals surface area contributed by atoms with Crippen molar-refractivity contribution in [3.63, 3.8) is 0 Å². The number of hydrogen-bond acceptors (Lipinski definition) is 3. The molecule has 1 atom stereocenters. The van der Waals surface area contributed by atoms with Crippen LogP contribution in [0.15, 0.2) is 18.2 Å². The maximum Gasteiger partial charge on any atom is 0.335 e. The molecule has 1 heterocycles. The van der Waals surface area contributed by atoms with Crippen molar-refractivity contribution in [2.24, 2.45) is 0 Å². The molecule has 1 aliphatic heterocycles. The summed E-state index contributed by atoms with van der Waals surface area (Å²) in [5.74, 6) is -1.26. The van der Waals surface area contributed by atoms with Gasteiger partial charge < -0.3 is 15.2 Å². The molecule has 0 radical (unpaired) electrons. The molecule has 2 N–H and O–H groups in total. The Morgan fingerprint density at radius 1 is 1.29 bits per heavy atom. The summed E-state index contributed by atoms with van der Waals surface area (Å²) >= 11 is 0. The maximum absolute atomic E-state index is 12.3. The fraction of sp³-hybridized carbons (Fsp3) is 0.500. The molecule has 2 rings (SSSR count). The second-order valence-electron chi connectivity index (χ2n) is 6.16. The zero-order valence-corrected chi connectivity index (χ0v) is 12.6. The van der Waals surface area contributed by atoms with Crippen molar-refractivity contribution in [3.05, 3.63) is 34.9 Å². The highest BCUT2D eigenvalue weighted by Gasteiger charge is 2.29. The molecule has 1 unspecified atom stereocenters. The van der Waals surface area contributed by atoms with Gasteiger partial charge >= 0.3 is 5.97 Å². The molecule has 1 aromatic carbocycles. The van der Waals surface area contributed by atoms with Crippen LogP contribution in [0.1, 0.15) is 53.0 Å². The van der Waals surface area contributed by atoms with Gasteiger partial charge in [0.2, 0.25) is 0 Å². The smallest absolute Gasteiger partial charge is 0.335 e. The zero-order chi connectivity index (χ0) is 15.6. The Hall–Kier alpha value is -1.88. The van der Waals surface area contributed by atoms with E-state index in [1.165, 1.54) is 6.07 Å². The molecule has 5 heteroatoms. The van der Waals surface area contributed by atoms with Crippen LogP contribution in [-0.4, -0.2) is 35.2 Å². The molecule has 1 aliphatic rings. The van der Waals surface area contributed by atoms with Crippen LogP contribution in [0.3, 0.4) is 0 Å². The van der Waals surface area contributed by atoms with Crippen molar-refractivity contribution in [2.75, 3.05) is 6.61 Å². The molecule has 0 spiro atoms. The van der Waals surface area contributed by atoms with Gasteiger partial charge in [0.25, 0.3) is 5.91 Å². The Bertz CT molecular complexity index is 565. The Kier molecular flexibility index (Phi) is 4.32. The van der Waals surface area contributed by atoms with Gasteiger partial charge in [0.1, 0.15) is 0 Å². The van der Waals surface area contributed by atoms with Crippen LogP contribution in [-0.2, 0) is 4.74 Å². The SMILES string of the molecule is Cc1cc(C(=O)O)cc(C(=O)NC2CCOC(C)(C)C2)c1. The number of rotatable bonds is 3. The third-order valence-corrected chi connectivity index (χ3v) is 3.62. The van der Waals surface area contributed by atoms with Gasteiger partial charge in [0.15, 0.2) is 0 Å². The Morgan fingerprint density at radius 3 is 2.57 bits per heavy atom. The van der Waals surface area contributed by atoms with Gasteiger partial charge in [-0.15, -0.1) is 0 Å². The van der Waals surface area contributed by atoms with E-state index in [1.54, 1.807) is 19.1 Å². The summed E-state index contributed by atoms with van der Waals surface area (Å²) < 4.78 is 5.62. The first kappa shape index (κ1) is 15.5. The topological polar surface area (TPSA) is 75.6 Å². The minimum Gasteiger partial charge on any atom is -0.478 e. The second kappa shape index (κ2) is 5.85. The van der Waals surface area contributed by atoms with Gasteiger partial charge in [-0.1, -0.05) is 0 Å². The van der Waals surface area contributed by atoms with Crippen molar-refractivity contribution >= 4 is 11.9 Å². The van der Waals surface area contributed by atoms with Gasteiger partial charge in [-0.2, -0.15) is 0 Å². The number of carbonyl (C=O) groups is 2. The average molecular weight is 291 g/mol. The van der Waals surface area contributed by atoms with Crippen LogP contribution in [0.4, 0.5) is 0 Å². The van der Waals surface area contributed by atoms with Gasteiger partial charge in [-0.25, -0.2) is 4.79 Å². The number of benzene rings is 1. The van der Waals surface area contributed by atoms with Crippen LogP contribution >= 0.6 is 0 Å². The lowest BCUT2D eigenvalue weighted by Gasteiger charge is -2.35. The van der Waals surface area contributed by atoms with E-state index >= 15 is 0 Å². The lowest BCUT2D eigenvalue weighted by molar-refractivity contribution is -0.0615. The van der Waals surface area contributed by atoms with E-state index in [0.29, 0.717) is 12.2 Å². The highest BCUT2D eigenvalue weighted by Crippen LogP contribution is 2.24. The molecule has 1 amide bonds. The monoisotopic (exact) mass is 291 g/mol. The first-order chi connectivity index (χ1) is 9.77. The number of carboxylic acid groups (broad SMARTS) is 1. The van der Waals surface area contributed by atoms with Crippen molar-refractivity contribution in [3.8, 4) is 0 Å². The summed E-state index contributed by atoms with van der Waals surface area (Å²) in [6.07, 6.45) is 1.52. The van der Waals surface area contributed by atoms with Gasteiger partial charge in [-0.3, -0.25) is 4.79 Å². The van der Waals surface area contributed by atoms with Crippen LogP contribution in [0.5, 0.6) is 0 Å². The van der Waals surface area contributed by atoms with Crippen LogP contribution in [0.25, 0.3) is 0 Å². The Balaban J connectivity index is 2.11. The van der Waals surface area contributed by atoms with Crippen molar-refractivity contribution < 1.29 is 19.4 Å². The summed E-state index contributed by atoms with van der Waals surface area (Å²) in [5.41, 5.74) is 1.03. The molecular formula is C16H21NO4. The molecule has 1 saturated heterocycles. The number of ether oxygens (including phenoxy) is 1. The number of amides is 1. The van der Waals surface area contributed by atoms with E-state index in [2.05, 4.69) is 5.32 Å². The van der Waals surface area contributed by atoms with Crippen molar-refractivity contribution in [2.45, 2.75) is 45.3 Å². The molecule has 0 aromatic heterocycles. The fourth-order valence-electron chi connectivity index (χ4n) is 2.66. The predicted molar refractivity (Wildman–Crippen MR) is 78.7 cm³/mol. The average Bonchev–Trinajstić information content (AvgIpc) is 2.36. The van der Waals surface area contributed by atoms with Crippen LogP contribution in [0.2, 0.25) is 0 Å². The van der Waals surface area contributed by atoms with E-state index in [9.17, 15) is 9.59 Å². The fourth-order valence-corrected chi connectivity index (χ4v) is 2.66.